The van der Waals surface area contributed by atoms with Crippen LogP contribution in [0, 0.1) is 0 Å². The van der Waals surface area contributed by atoms with Gasteiger partial charge in [-0.05, 0) is 0 Å². The molecule has 18 nitrogen and oxygen atoms in total. The van der Waals surface area contributed by atoms with Crippen molar-refractivity contribution in [1.29, 1.82) is 0 Å². The molecule has 6 rings (SSSR count). The Morgan fingerprint density at radius 1 is 1.02 bits per heavy atom. The summed E-state index contributed by atoms with van der Waals surface area (Å²) in [6, 6.07) is 0. The number of nitrogens with zero attached hydrogens (tertiary/aromatic N) is 7. The van der Waals surface area contributed by atoms with Gasteiger partial charge in [-0.1, -0.05) is 35.8 Å². The molecule has 4 N–H and O–H groups in total. The second kappa shape index (κ2) is 12.8. The molecule has 4 aromatic heterocycles. The Morgan fingerprint density at radius 3 is 2.49 bits per heavy atom. The molecule has 0 bridgehead atoms. The van der Waals surface area contributed by atoms with Gasteiger partial charge in [-0.2, -0.15) is 0 Å². The van der Waals surface area contributed by atoms with Crippen LogP contribution in [0.1, 0.15) is 25.3 Å². The number of anilines is 2. The van der Waals surface area contributed by atoms with Gasteiger partial charge in [0.2, 0.25) is 0 Å². The summed E-state index contributed by atoms with van der Waals surface area (Å²) in [5.74, 6) is 0.248. The Kier molecular flexibility index (Phi) is 9.27. The van der Waals surface area contributed by atoms with E-state index in [0.717, 1.165) is 18.4 Å². The molecule has 24 heteroatoms. The number of hydrogen-bond acceptors (Lipinski definition) is 17. The number of fused-ring (bicyclic) bond motifs is 2. The summed E-state index contributed by atoms with van der Waals surface area (Å²) < 4.78 is 76.8. The second-order valence-corrected chi connectivity index (χ2v) is 16.7. The first-order valence-corrected chi connectivity index (χ1v) is 19.2. The molecule has 8 atom stereocenters. The number of thiazole rings is 1. The predicted molar refractivity (Wildman–Crippen MR) is 165 cm³/mol. The van der Waals surface area contributed by atoms with Gasteiger partial charge in [-0.3, -0.25) is 27.5 Å². The first-order chi connectivity index (χ1) is 21.4. The van der Waals surface area contributed by atoms with Gasteiger partial charge in [-0.25, -0.2) is 38.4 Å². The number of rotatable bonds is 11. The highest BCUT2D eigenvalue weighted by molar-refractivity contribution is 8.44. The van der Waals surface area contributed by atoms with Crippen LogP contribution in [-0.4, -0.2) is 78.9 Å². The average Bonchev–Trinajstić information content (AvgIpc) is 3.75. The van der Waals surface area contributed by atoms with Crippen molar-refractivity contribution >= 4 is 82.6 Å². The molecule has 244 valence electrons. The number of nitrogens with two attached hydrogens (primary N) is 2. The molecule has 0 spiro atoms. The van der Waals surface area contributed by atoms with Crippen molar-refractivity contribution < 1.29 is 41.1 Å². The molecule has 4 aromatic rings. The highest BCUT2D eigenvalue weighted by Gasteiger charge is 2.44. The van der Waals surface area contributed by atoms with Crippen LogP contribution in [0.2, 0.25) is 0 Å². The molecule has 0 saturated carbocycles. The largest absolute Gasteiger partial charge is 0.386 e. The predicted octanol–water partition coefficient (Wildman–Crippen LogP) is 2.91. The smallest absolute Gasteiger partial charge is 0.382 e. The Balaban J connectivity index is 1.15. The zero-order valence-electron chi connectivity index (χ0n) is 23.1. The van der Waals surface area contributed by atoms with Gasteiger partial charge in [0.1, 0.15) is 53.3 Å². The van der Waals surface area contributed by atoms with Gasteiger partial charge in [0.25, 0.3) is 0 Å². The van der Waals surface area contributed by atoms with Crippen LogP contribution in [0.25, 0.3) is 21.5 Å². The second-order valence-electron chi connectivity index (χ2n) is 9.85. The summed E-state index contributed by atoms with van der Waals surface area (Å²) in [4.78, 5) is 32.6. The first kappa shape index (κ1) is 32.7. The summed E-state index contributed by atoms with van der Waals surface area (Å²) in [6.45, 7) is -8.66. The van der Waals surface area contributed by atoms with Crippen molar-refractivity contribution in [2.24, 2.45) is 0 Å². The zero-order valence-corrected chi connectivity index (χ0v) is 27.5. The van der Waals surface area contributed by atoms with Crippen molar-refractivity contribution in [3.8, 4) is 0 Å². The van der Waals surface area contributed by atoms with Crippen LogP contribution in [-0.2, 0) is 36.7 Å². The molecular formula is C21H26FN9O9P2S3. The number of hydrogen-bond donors (Lipinski definition) is 4. The number of halogens is 1. The topological polar surface area (TPSA) is 233 Å². The van der Waals surface area contributed by atoms with Gasteiger partial charge in [-0.15, -0.1) is 0 Å². The lowest BCUT2D eigenvalue weighted by molar-refractivity contribution is -0.0423. The van der Waals surface area contributed by atoms with Crippen LogP contribution in [0.15, 0.2) is 23.8 Å². The third-order valence-corrected chi connectivity index (χ3v) is 11.4. The standard InChI is InChI=1S/C21H26FN9O9P2S3/c1-35-41(33,43)37-5-12-11(3-13(39-12)31-19-15(45-21(31)32)17(24)26-7-28-19)40-42(34,44)36-4-9-2-10(22)20(38-9)30-8-29-14-16(23)25-6-27-18(14)30/h6-13,20H,2-5H2,1H3,(H,33,43)(H,34,44)(H2,23,25,27)(H2,24,26,28)/t9-,10+,11?,12+,13+,20+,41?,42?/m0/s1. The number of thiol groups is 2. The van der Waals surface area contributed by atoms with Crippen molar-refractivity contribution in [3.05, 3.63) is 28.6 Å². The molecule has 2 aliphatic heterocycles. The Morgan fingerprint density at radius 2 is 1.73 bits per heavy atom. The molecule has 0 aromatic carbocycles. The van der Waals surface area contributed by atoms with Gasteiger partial charge >= 0.3 is 18.5 Å². The fourth-order valence-corrected chi connectivity index (χ4v) is 8.01. The maximum atomic E-state index is 15.0. The normalized spacial score (nSPS) is 28.1. The summed E-state index contributed by atoms with van der Waals surface area (Å²) >= 11 is 8.77. The van der Waals surface area contributed by atoms with E-state index < -0.39 is 55.4 Å². The molecule has 2 fully saturated rings. The van der Waals surface area contributed by atoms with Crippen molar-refractivity contribution in [3.63, 3.8) is 0 Å². The van der Waals surface area contributed by atoms with Crippen molar-refractivity contribution in [1.82, 2.24) is 34.1 Å². The lowest BCUT2D eigenvalue weighted by Gasteiger charge is -2.23. The van der Waals surface area contributed by atoms with E-state index in [1.54, 1.807) is 0 Å². The highest BCUT2D eigenvalue weighted by atomic mass is 32.7. The van der Waals surface area contributed by atoms with Gasteiger partial charge in [0.15, 0.2) is 23.3 Å². The minimum atomic E-state index is -4.17. The molecule has 0 amide bonds. The summed E-state index contributed by atoms with van der Waals surface area (Å²) in [7, 11) is 1.15. The SMILES string of the molecule is COP(=O)(S)OC[C@H]1O[C@@H](n2c(=O)sc3c(N)ncnc32)CC1OP(=O)(S)OC[C@@H]1C[C@@H](F)[C@H](n2cnc3c(N)ncnc32)O1. The van der Waals surface area contributed by atoms with E-state index in [1.165, 1.54) is 28.1 Å². The summed E-state index contributed by atoms with van der Waals surface area (Å²) in [5.41, 5.74) is 12.5. The minimum Gasteiger partial charge on any atom is -0.382 e. The van der Waals surface area contributed by atoms with Crippen molar-refractivity contribution in [2.45, 2.75) is 49.8 Å². The maximum Gasteiger partial charge on any atom is 0.386 e. The fourth-order valence-electron chi connectivity index (χ4n) is 4.95. The van der Waals surface area contributed by atoms with Crippen LogP contribution in [0.3, 0.4) is 0 Å². The monoisotopic (exact) mass is 725 g/mol. The quantitative estimate of drug-likeness (QED) is 0.129. The molecule has 6 heterocycles. The first-order valence-electron chi connectivity index (χ1n) is 13.0. The summed E-state index contributed by atoms with van der Waals surface area (Å²) in [5, 5.41) is 0. The number of nitrogen functional groups attached to an aromatic ring is 2. The lowest BCUT2D eigenvalue weighted by atomic mass is 10.2. The molecular weight excluding hydrogens is 699 g/mol. The van der Waals surface area contributed by atoms with E-state index in [-0.39, 0.29) is 49.0 Å². The Bertz CT molecular complexity index is 1880. The molecule has 0 aliphatic carbocycles. The molecule has 45 heavy (non-hydrogen) atoms. The third kappa shape index (κ3) is 6.77. The van der Waals surface area contributed by atoms with E-state index in [2.05, 4.69) is 49.4 Å². The van der Waals surface area contributed by atoms with Gasteiger partial charge < -0.3 is 25.5 Å². The minimum absolute atomic E-state index is 0.0469. The third-order valence-electron chi connectivity index (χ3n) is 7.01. The van der Waals surface area contributed by atoms with E-state index in [4.69, 9.17) is 39.0 Å². The maximum absolute atomic E-state index is 15.0. The van der Waals surface area contributed by atoms with Gasteiger partial charge in [0, 0.05) is 20.0 Å². The van der Waals surface area contributed by atoms with Crippen LogP contribution in [0.4, 0.5) is 16.0 Å². The Hall–Kier alpha value is -2.23. The van der Waals surface area contributed by atoms with Crippen LogP contribution in [0.5, 0.6) is 0 Å². The van der Waals surface area contributed by atoms with Crippen LogP contribution >= 0.6 is 49.4 Å². The van der Waals surface area contributed by atoms with E-state index in [9.17, 15) is 13.9 Å². The molecule has 2 aliphatic rings. The van der Waals surface area contributed by atoms with E-state index >= 15 is 4.39 Å². The number of imidazole rings is 1. The average molecular weight is 726 g/mol. The fraction of sp³-hybridized carbons (Fsp3) is 0.524. The lowest BCUT2D eigenvalue weighted by Crippen LogP contribution is -2.28. The number of ether oxygens (including phenoxy) is 2. The number of alkyl halides is 1. The molecule has 3 unspecified atom stereocenters. The number of aromatic nitrogens is 7. The summed E-state index contributed by atoms with van der Waals surface area (Å²) in [6.07, 6.45) is -2.87. The van der Waals surface area contributed by atoms with Gasteiger partial charge in [0.05, 0.1) is 25.6 Å². The molecule has 2 saturated heterocycles. The highest BCUT2D eigenvalue weighted by Crippen LogP contribution is 2.57. The van der Waals surface area contributed by atoms with E-state index in [1.807, 2.05) is 0 Å². The van der Waals surface area contributed by atoms with E-state index in [0.29, 0.717) is 10.2 Å². The zero-order chi connectivity index (χ0) is 32.1. The molecule has 0 radical (unpaired) electrons. The van der Waals surface area contributed by atoms with Crippen molar-refractivity contribution in [2.75, 3.05) is 31.8 Å². The Labute approximate surface area is 267 Å². The van der Waals surface area contributed by atoms with Crippen LogP contribution < -0.4 is 16.3 Å².